The number of hydrogen-bond acceptors (Lipinski definition) is 4. The number of nitrogens with zero attached hydrogens (tertiary/aromatic N) is 2. The Hall–Kier alpha value is -1.85. The minimum absolute atomic E-state index is 0.00433. The van der Waals surface area contributed by atoms with Gasteiger partial charge in [0.1, 0.15) is 0 Å². The Morgan fingerprint density at radius 2 is 2.22 bits per heavy atom. The zero-order valence-electron chi connectivity index (χ0n) is 8.85. The first kappa shape index (κ1) is 12.6. The highest BCUT2D eigenvalue weighted by Gasteiger charge is 2.18. The first-order valence-corrected chi connectivity index (χ1v) is 5.57. The number of benzene rings is 1. The second kappa shape index (κ2) is 5.20. The van der Waals surface area contributed by atoms with Crippen LogP contribution in [0.15, 0.2) is 30.3 Å². The van der Waals surface area contributed by atoms with Crippen LogP contribution in [-0.4, -0.2) is 9.91 Å². The predicted molar refractivity (Wildman–Crippen MR) is 69.5 cm³/mol. The van der Waals surface area contributed by atoms with Gasteiger partial charge in [-0.05, 0) is 18.2 Å². The number of pyridine rings is 1. The molecule has 0 saturated carbocycles. The van der Waals surface area contributed by atoms with E-state index in [0.717, 1.165) is 6.07 Å². The molecule has 0 aliphatic heterocycles. The molecule has 1 aromatic carbocycles. The third kappa shape index (κ3) is 2.69. The van der Waals surface area contributed by atoms with Crippen molar-refractivity contribution in [2.75, 3.05) is 5.32 Å². The Bertz CT molecular complexity index is 590. The summed E-state index contributed by atoms with van der Waals surface area (Å²) >= 11 is 11.4. The monoisotopic (exact) mass is 282 g/mol. The molecule has 1 heterocycles. The quantitative estimate of drug-likeness (QED) is 0.528. The average molecular weight is 283 g/mol. The SMILES string of the molecule is O=[N+]([O-])c1cc(Cl)c(Cl)nc1Nc1c[c]ccc1. The van der Waals surface area contributed by atoms with Gasteiger partial charge in [0.15, 0.2) is 5.15 Å². The largest absolute Gasteiger partial charge is 0.334 e. The van der Waals surface area contributed by atoms with Crippen LogP contribution in [0, 0.1) is 16.2 Å². The summed E-state index contributed by atoms with van der Waals surface area (Å²) in [6.45, 7) is 0. The number of halogens is 2. The second-order valence-corrected chi connectivity index (χ2v) is 4.07. The van der Waals surface area contributed by atoms with Crippen molar-refractivity contribution in [3.8, 4) is 0 Å². The molecule has 1 radical (unpaired) electrons. The van der Waals surface area contributed by atoms with Crippen molar-refractivity contribution < 1.29 is 4.92 Å². The Labute approximate surface area is 113 Å². The molecule has 2 aromatic rings. The maximum atomic E-state index is 10.9. The Kier molecular flexibility index (Phi) is 3.64. The molecular formula is C11H6Cl2N3O2. The van der Waals surface area contributed by atoms with Gasteiger partial charge < -0.3 is 5.32 Å². The van der Waals surface area contributed by atoms with Crippen LogP contribution in [-0.2, 0) is 0 Å². The molecule has 0 fully saturated rings. The van der Waals surface area contributed by atoms with Crippen molar-refractivity contribution >= 4 is 40.4 Å². The summed E-state index contributed by atoms with van der Waals surface area (Å²) < 4.78 is 0. The van der Waals surface area contributed by atoms with Crippen LogP contribution in [0.4, 0.5) is 17.2 Å². The van der Waals surface area contributed by atoms with E-state index in [-0.39, 0.29) is 21.7 Å². The lowest BCUT2D eigenvalue weighted by atomic mass is 10.3. The zero-order chi connectivity index (χ0) is 13.1. The van der Waals surface area contributed by atoms with Crippen molar-refractivity contribution in [1.82, 2.24) is 4.98 Å². The van der Waals surface area contributed by atoms with E-state index in [1.807, 2.05) is 0 Å². The highest BCUT2D eigenvalue weighted by molar-refractivity contribution is 6.41. The number of nitrogens with one attached hydrogen (secondary N) is 1. The minimum Gasteiger partial charge on any atom is -0.334 e. The van der Waals surface area contributed by atoms with Gasteiger partial charge in [-0.25, -0.2) is 4.98 Å². The highest BCUT2D eigenvalue weighted by atomic mass is 35.5. The molecule has 0 atom stereocenters. The third-order valence-corrected chi connectivity index (χ3v) is 2.75. The first-order chi connectivity index (χ1) is 8.58. The van der Waals surface area contributed by atoms with Crippen LogP contribution in [0.1, 0.15) is 0 Å². The summed E-state index contributed by atoms with van der Waals surface area (Å²) in [5.74, 6) is 0.0361. The van der Waals surface area contributed by atoms with Crippen molar-refractivity contribution in [1.29, 1.82) is 0 Å². The van der Waals surface area contributed by atoms with Gasteiger partial charge >= 0.3 is 5.69 Å². The van der Waals surface area contributed by atoms with E-state index < -0.39 is 4.92 Å². The lowest BCUT2D eigenvalue weighted by molar-refractivity contribution is -0.384. The first-order valence-electron chi connectivity index (χ1n) is 4.81. The van der Waals surface area contributed by atoms with Crippen LogP contribution in [0.25, 0.3) is 0 Å². The number of rotatable bonds is 3. The van der Waals surface area contributed by atoms with Crippen LogP contribution in [0.2, 0.25) is 10.2 Å². The summed E-state index contributed by atoms with van der Waals surface area (Å²) in [4.78, 5) is 14.2. The zero-order valence-corrected chi connectivity index (χ0v) is 10.4. The summed E-state index contributed by atoms with van der Waals surface area (Å²) in [5.41, 5.74) is 0.375. The number of hydrogen-bond donors (Lipinski definition) is 1. The van der Waals surface area contributed by atoms with Gasteiger partial charge in [-0.1, -0.05) is 35.3 Å². The van der Waals surface area contributed by atoms with E-state index in [1.165, 1.54) is 0 Å². The minimum atomic E-state index is -0.579. The fourth-order valence-corrected chi connectivity index (χ4v) is 1.58. The summed E-state index contributed by atoms with van der Waals surface area (Å²) in [7, 11) is 0. The number of anilines is 2. The smallest absolute Gasteiger partial charge is 0.313 e. The van der Waals surface area contributed by atoms with Crippen molar-refractivity contribution in [2.45, 2.75) is 0 Å². The lowest BCUT2D eigenvalue weighted by Gasteiger charge is -2.06. The van der Waals surface area contributed by atoms with Gasteiger partial charge in [0.25, 0.3) is 0 Å². The molecule has 7 heteroatoms. The fraction of sp³-hybridized carbons (Fsp3) is 0. The van der Waals surface area contributed by atoms with Crippen LogP contribution in [0.5, 0.6) is 0 Å². The van der Waals surface area contributed by atoms with E-state index in [0.29, 0.717) is 5.69 Å². The molecule has 5 nitrogen and oxygen atoms in total. The summed E-state index contributed by atoms with van der Waals surface area (Å²) in [5, 5.41) is 13.7. The van der Waals surface area contributed by atoms with E-state index in [2.05, 4.69) is 16.4 Å². The van der Waals surface area contributed by atoms with Crippen molar-refractivity contribution in [2.24, 2.45) is 0 Å². The van der Waals surface area contributed by atoms with Crippen LogP contribution in [0.3, 0.4) is 0 Å². The molecule has 1 aromatic heterocycles. The highest BCUT2D eigenvalue weighted by Crippen LogP contribution is 2.32. The van der Waals surface area contributed by atoms with Crippen molar-refractivity contribution in [3.05, 3.63) is 56.7 Å². The van der Waals surface area contributed by atoms with Crippen LogP contribution < -0.4 is 5.32 Å². The molecule has 0 aliphatic carbocycles. The van der Waals surface area contributed by atoms with Gasteiger partial charge in [0, 0.05) is 11.8 Å². The van der Waals surface area contributed by atoms with Gasteiger partial charge in [0.2, 0.25) is 5.82 Å². The molecule has 0 saturated heterocycles. The topological polar surface area (TPSA) is 68.1 Å². The Morgan fingerprint density at radius 3 is 2.83 bits per heavy atom. The van der Waals surface area contributed by atoms with Gasteiger partial charge in [0.05, 0.1) is 9.95 Å². The Morgan fingerprint density at radius 1 is 1.44 bits per heavy atom. The normalized spacial score (nSPS) is 10.1. The molecule has 1 N–H and O–H groups in total. The molecule has 91 valence electrons. The molecule has 0 aliphatic rings. The molecule has 0 spiro atoms. The summed E-state index contributed by atoms with van der Waals surface area (Å²) in [6, 6.07) is 10.8. The summed E-state index contributed by atoms with van der Waals surface area (Å²) in [6.07, 6.45) is 0. The standard InChI is InChI=1S/C11H6Cl2N3O2/c12-8-6-9(16(17)18)11(15-10(8)13)14-7-4-2-1-3-5-7/h1-2,4-6H,(H,14,15). The fourth-order valence-electron chi connectivity index (χ4n) is 1.30. The maximum Gasteiger partial charge on any atom is 0.313 e. The van der Waals surface area contributed by atoms with Gasteiger partial charge in [-0.15, -0.1) is 0 Å². The second-order valence-electron chi connectivity index (χ2n) is 3.30. The lowest BCUT2D eigenvalue weighted by Crippen LogP contribution is -2.00. The van der Waals surface area contributed by atoms with Gasteiger partial charge in [-0.2, -0.15) is 0 Å². The van der Waals surface area contributed by atoms with E-state index in [4.69, 9.17) is 23.2 Å². The number of aromatic nitrogens is 1. The van der Waals surface area contributed by atoms with E-state index >= 15 is 0 Å². The average Bonchev–Trinajstić information content (AvgIpc) is 2.34. The molecule has 0 bridgehead atoms. The molecule has 0 amide bonds. The molecule has 18 heavy (non-hydrogen) atoms. The molecular weight excluding hydrogens is 277 g/mol. The van der Waals surface area contributed by atoms with Crippen molar-refractivity contribution in [3.63, 3.8) is 0 Å². The number of nitro groups is 1. The van der Waals surface area contributed by atoms with E-state index in [9.17, 15) is 10.1 Å². The third-order valence-electron chi connectivity index (χ3n) is 2.08. The maximum absolute atomic E-state index is 10.9. The predicted octanol–water partition coefficient (Wildman–Crippen LogP) is 3.84. The molecule has 2 rings (SSSR count). The molecule has 0 unspecified atom stereocenters. The Balaban J connectivity index is 2.43. The van der Waals surface area contributed by atoms with Crippen LogP contribution >= 0.6 is 23.2 Å². The van der Waals surface area contributed by atoms with E-state index in [1.54, 1.807) is 24.3 Å². The van der Waals surface area contributed by atoms with Gasteiger partial charge in [-0.3, -0.25) is 10.1 Å².